The fourth-order valence-electron chi connectivity index (χ4n) is 1.68. The van der Waals surface area contributed by atoms with Gasteiger partial charge in [0.1, 0.15) is 0 Å². The van der Waals surface area contributed by atoms with Crippen molar-refractivity contribution in [2.75, 3.05) is 0 Å². The molecule has 0 aromatic rings. The van der Waals surface area contributed by atoms with Gasteiger partial charge in [-0.2, -0.15) is 0 Å². The van der Waals surface area contributed by atoms with Crippen molar-refractivity contribution in [3.63, 3.8) is 0 Å². The highest BCUT2D eigenvalue weighted by Crippen LogP contribution is 2.24. The second-order valence-electron chi connectivity index (χ2n) is 3.35. The van der Waals surface area contributed by atoms with E-state index in [-0.39, 0.29) is 6.04 Å². The largest absolute Gasteiger partial charge is 0.387 e. The molecule has 0 fully saturated rings. The molecule has 2 rings (SSSR count). The smallest absolute Gasteiger partial charge is 0.0914 e. The molecule has 0 bridgehead atoms. The van der Waals surface area contributed by atoms with Crippen LogP contribution >= 0.6 is 0 Å². The van der Waals surface area contributed by atoms with Crippen molar-refractivity contribution in [1.82, 2.24) is 0 Å². The maximum atomic E-state index is 9.51. The van der Waals surface area contributed by atoms with Crippen molar-refractivity contribution in [3.05, 3.63) is 47.6 Å². The first-order valence-corrected chi connectivity index (χ1v) is 4.47. The van der Waals surface area contributed by atoms with E-state index in [1.165, 1.54) is 0 Å². The van der Waals surface area contributed by atoms with Gasteiger partial charge in [0.2, 0.25) is 0 Å². The molecule has 0 spiro atoms. The molecule has 0 aromatic heterocycles. The SMILES string of the molecule is NC1C2=C(C=CC=CC2)C=CC1O. The van der Waals surface area contributed by atoms with Gasteiger partial charge in [-0.3, -0.25) is 0 Å². The van der Waals surface area contributed by atoms with Gasteiger partial charge in [-0.1, -0.05) is 36.5 Å². The minimum Gasteiger partial charge on any atom is -0.387 e. The van der Waals surface area contributed by atoms with Crippen LogP contribution in [0.25, 0.3) is 0 Å². The molecule has 0 saturated carbocycles. The first kappa shape index (κ1) is 8.48. The Morgan fingerprint density at radius 1 is 1.31 bits per heavy atom. The number of aliphatic hydroxyl groups excluding tert-OH is 1. The zero-order valence-corrected chi connectivity index (χ0v) is 7.35. The summed E-state index contributed by atoms with van der Waals surface area (Å²) >= 11 is 0. The minimum atomic E-state index is -0.529. The first-order chi connectivity index (χ1) is 6.29. The minimum absolute atomic E-state index is 0.243. The molecule has 2 atom stereocenters. The van der Waals surface area contributed by atoms with E-state index in [1.54, 1.807) is 6.08 Å². The Balaban J connectivity index is 2.38. The van der Waals surface area contributed by atoms with E-state index < -0.39 is 6.10 Å². The summed E-state index contributed by atoms with van der Waals surface area (Å²) in [6.45, 7) is 0. The molecule has 0 aliphatic heterocycles. The number of aliphatic hydroxyl groups is 1. The molecule has 0 saturated heterocycles. The third-order valence-corrected chi connectivity index (χ3v) is 2.47. The summed E-state index contributed by atoms with van der Waals surface area (Å²) in [6, 6.07) is -0.243. The monoisotopic (exact) mass is 175 g/mol. The van der Waals surface area contributed by atoms with E-state index in [0.29, 0.717) is 0 Å². The van der Waals surface area contributed by atoms with Gasteiger partial charge in [-0.15, -0.1) is 0 Å². The van der Waals surface area contributed by atoms with Gasteiger partial charge in [0.05, 0.1) is 12.1 Å². The molecular weight excluding hydrogens is 162 g/mol. The highest BCUT2D eigenvalue weighted by Gasteiger charge is 2.21. The topological polar surface area (TPSA) is 46.2 Å². The van der Waals surface area contributed by atoms with Crippen molar-refractivity contribution < 1.29 is 5.11 Å². The van der Waals surface area contributed by atoms with Gasteiger partial charge in [-0.25, -0.2) is 0 Å². The van der Waals surface area contributed by atoms with E-state index in [9.17, 15) is 5.11 Å². The van der Waals surface area contributed by atoms with Crippen LogP contribution in [0.5, 0.6) is 0 Å². The fraction of sp³-hybridized carbons (Fsp3) is 0.273. The molecule has 2 heteroatoms. The molecule has 2 aliphatic rings. The number of hydrogen-bond donors (Lipinski definition) is 2. The van der Waals surface area contributed by atoms with Gasteiger partial charge >= 0.3 is 0 Å². The van der Waals surface area contributed by atoms with Crippen LogP contribution in [-0.4, -0.2) is 17.3 Å². The van der Waals surface area contributed by atoms with Crippen molar-refractivity contribution in [2.24, 2.45) is 5.73 Å². The summed E-state index contributed by atoms with van der Waals surface area (Å²) < 4.78 is 0. The molecule has 68 valence electrons. The Morgan fingerprint density at radius 3 is 3.00 bits per heavy atom. The Bertz CT molecular complexity index is 323. The van der Waals surface area contributed by atoms with Gasteiger partial charge < -0.3 is 10.8 Å². The summed E-state index contributed by atoms with van der Waals surface area (Å²) in [7, 11) is 0. The Labute approximate surface area is 77.8 Å². The Morgan fingerprint density at radius 2 is 2.15 bits per heavy atom. The van der Waals surface area contributed by atoms with E-state index in [2.05, 4.69) is 6.08 Å². The predicted octanol–water partition coefficient (Wildman–Crippen LogP) is 1.06. The highest BCUT2D eigenvalue weighted by molar-refractivity contribution is 5.45. The van der Waals surface area contributed by atoms with E-state index in [0.717, 1.165) is 17.6 Å². The molecule has 2 aliphatic carbocycles. The molecule has 0 amide bonds. The Kier molecular flexibility index (Phi) is 2.17. The van der Waals surface area contributed by atoms with Crippen LogP contribution in [0.2, 0.25) is 0 Å². The number of hydrogen-bond acceptors (Lipinski definition) is 2. The molecule has 0 heterocycles. The normalized spacial score (nSPS) is 31.8. The van der Waals surface area contributed by atoms with Crippen LogP contribution in [0.1, 0.15) is 6.42 Å². The van der Waals surface area contributed by atoms with Crippen molar-refractivity contribution in [1.29, 1.82) is 0 Å². The average molecular weight is 175 g/mol. The van der Waals surface area contributed by atoms with Crippen molar-refractivity contribution in [2.45, 2.75) is 18.6 Å². The van der Waals surface area contributed by atoms with Crippen LogP contribution in [0.3, 0.4) is 0 Å². The van der Waals surface area contributed by atoms with Crippen molar-refractivity contribution >= 4 is 0 Å². The maximum absolute atomic E-state index is 9.51. The molecule has 0 aromatic carbocycles. The van der Waals surface area contributed by atoms with Gasteiger partial charge in [-0.05, 0) is 17.6 Å². The third kappa shape index (κ3) is 1.50. The summed E-state index contributed by atoms with van der Waals surface area (Å²) in [5.74, 6) is 0. The predicted molar refractivity (Wildman–Crippen MR) is 53.0 cm³/mol. The third-order valence-electron chi connectivity index (χ3n) is 2.47. The molecule has 13 heavy (non-hydrogen) atoms. The fourth-order valence-corrected chi connectivity index (χ4v) is 1.68. The standard InChI is InChI=1S/C11H13NO/c12-11-9-5-3-1-2-4-8(9)6-7-10(11)13/h1-4,6-7,10-11,13H,5,12H2. The zero-order valence-electron chi connectivity index (χ0n) is 7.35. The summed E-state index contributed by atoms with van der Waals surface area (Å²) in [6.07, 6.45) is 12.1. The van der Waals surface area contributed by atoms with Crippen LogP contribution in [0, 0.1) is 0 Å². The van der Waals surface area contributed by atoms with Gasteiger partial charge in [0, 0.05) is 0 Å². The van der Waals surface area contributed by atoms with Crippen LogP contribution in [0.4, 0.5) is 0 Å². The lowest BCUT2D eigenvalue weighted by molar-refractivity contribution is 0.201. The summed E-state index contributed by atoms with van der Waals surface area (Å²) in [5.41, 5.74) is 8.14. The van der Waals surface area contributed by atoms with Crippen molar-refractivity contribution in [3.8, 4) is 0 Å². The van der Waals surface area contributed by atoms with Gasteiger partial charge in [0.25, 0.3) is 0 Å². The quantitative estimate of drug-likeness (QED) is 0.578. The summed E-state index contributed by atoms with van der Waals surface area (Å²) in [4.78, 5) is 0. The second kappa shape index (κ2) is 3.32. The molecule has 0 radical (unpaired) electrons. The van der Waals surface area contributed by atoms with Crippen LogP contribution < -0.4 is 5.73 Å². The molecule has 2 nitrogen and oxygen atoms in total. The molecule has 3 N–H and O–H groups in total. The van der Waals surface area contributed by atoms with E-state index in [4.69, 9.17) is 5.73 Å². The van der Waals surface area contributed by atoms with Crippen LogP contribution in [0.15, 0.2) is 47.6 Å². The number of rotatable bonds is 0. The molecule has 2 unspecified atom stereocenters. The number of allylic oxidation sites excluding steroid dienone is 6. The number of nitrogens with two attached hydrogens (primary N) is 1. The average Bonchev–Trinajstić information content (AvgIpc) is 2.36. The van der Waals surface area contributed by atoms with Crippen LogP contribution in [-0.2, 0) is 0 Å². The van der Waals surface area contributed by atoms with E-state index >= 15 is 0 Å². The zero-order chi connectivity index (χ0) is 9.26. The molecular formula is C11H13NO. The lowest BCUT2D eigenvalue weighted by Crippen LogP contribution is -2.37. The van der Waals surface area contributed by atoms with Gasteiger partial charge in [0.15, 0.2) is 0 Å². The lowest BCUT2D eigenvalue weighted by atomic mass is 9.90. The van der Waals surface area contributed by atoms with E-state index in [1.807, 2.05) is 24.3 Å². The summed E-state index contributed by atoms with van der Waals surface area (Å²) in [5, 5.41) is 9.51. The second-order valence-corrected chi connectivity index (χ2v) is 3.35. The first-order valence-electron chi connectivity index (χ1n) is 4.47. The maximum Gasteiger partial charge on any atom is 0.0914 e. The highest BCUT2D eigenvalue weighted by atomic mass is 16.3. The lowest BCUT2D eigenvalue weighted by Gasteiger charge is -2.24. The Hall–Kier alpha value is -1.12.